The highest BCUT2D eigenvalue weighted by atomic mass is 16.5. The molecular formula is C14H25N5O2. The van der Waals surface area contributed by atoms with Crippen LogP contribution in [0.15, 0.2) is 6.20 Å². The van der Waals surface area contributed by atoms with Crippen LogP contribution < -0.4 is 10.6 Å². The van der Waals surface area contributed by atoms with E-state index in [1.165, 1.54) is 0 Å². The number of rotatable bonds is 6. The average molecular weight is 295 g/mol. The lowest BCUT2D eigenvalue weighted by Crippen LogP contribution is -2.35. The van der Waals surface area contributed by atoms with Gasteiger partial charge in [-0.15, -0.1) is 5.10 Å². The van der Waals surface area contributed by atoms with Crippen molar-refractivity contribution < 1.29 is 9.53 Å². The Labute approximate surface area is 125 Å². The van der Waals surface area contributed by atoms with Gasteiger partial charge in [-0.25, -0.2) is 4.68 Å². The zero-order valence-electron chi connectivity index (χ0n) is 13.1. The van der Waals surface area contributed by atoms with Gasteiger partial charge in [-0.05, 0) is 33.6 Å². The number of carbonyl (C=O) groups is 1. The molecule has 7 nitrogen and oxygen atoms in total. The van der Waals surface area contributed by atoms with Gasteiger partial charge < -0.3 is 15.4 Å². The zero-order valence-corrected chi connectivity index (χ0v) is 13.1. The van der Waals surface area contributed by atoms with Crippen molar-refractivity contribution in [2.24, 2.45) is 0 Å². The Morgan fingerprint density at radius 3 is 3.00 bits per heavy atom. The van der Waals surface area contributed by atoms with E-state index in [4.69, 9.17) is 4.74 Å². The molecule has 1 amide bonds. The molecule has 1 aliphatic heterocycles. The maximum atomic E-state index is 11.8. The van der Waals surface area contributed by atoms with Gasteiger partial charge in [0, 0.05) is 25.2 Å². The smallest absolute Gasteiger partial charge is 0.241 e. The maximum absolute atomic E-state index is 11.8. The van der Waals surface area contributed by atoms with Crippen molar-refractivity contribution in [2.45, 2.75) is 58.3 Å². The van der Waals surface area contributed by atoms with E-state index in [1.54, 1.807) is 10.9 Å². The molecule has 1 aromatic heterocycles. The molecule has 2 heterocycles. The number of ether oxygens (including phenoxy) is 1. The third-order valence-corrected chi connectivity index (χ3v) is 3.24. The lowest BCUT2D eigenvalue weighted by Gasteiger charge is -2.19. The summed E-state index contributed by atoms with van der Waals surface area (Å²) in [6.45, 7) is 8.48. The molecule has 1 unspecified atom stereocenters. The molecule has 118 valence electrons. The average Bonchev–Trinajstić information content (AvgIpc) is 3.04. The lowest BCUT2D eigenvalue weighted by molar-refractivity contribution is -0.122. The molecule has 0 aliphatic carbocycles. The summed E-state index contributed by atoms with van der Waals surface area (Å²) in [5, 5.41) is 14.2. The summed E-state index contributed by atoms with van der Waals surface area (Å²) in [6, 6.07) is 0. The first-order valence-corrected chi connectivity index (χ1v) is 7.45. The highest BCUT2D eigenvalue weighted by Crippen LogP contribution is 2.10. The molecule has 0 aromatic carbocycles. The highest BCUT2D eigenvalue weighted by molar-refractivity contribution is 5.75. The number of aromatic nitrogens is 3. The Bertz CT molecular complexity index is 460. The normalized spacial score (nSPS) is 18.9. The van der Waals surface area contributed by atoms with E-state index in [0.29, 0.717) is 13.1 Å². The van der Waals surface area contributed by atoms with E-state index in [-0.39, 0.29) is 24.1 Å². The van der Waals surface area contributed by atoms with Crippen LogP contribution in [0.3, 0.4) is 0 Å². The largest absolute Gasteiger partial charge is 0.376 e. The lowest BCUT2D eigenvalue weighted by atomic mass is 10.1. The predicted molar refractivity (Wildman–Crippen MR) is 78.6 cm³/mol. The Morgan fingerprint density at radius 1 is 1.52 bits per heavy atom. The van der Waals surface area contributed by atoms with Crippen LogP contribution in [0.2, 0.25) is 0 Å². The van der Waals surface area contributed by atoms with Crippen molar-refractivity contribution in [1.82, 2.24) is 25.6 Å². The molecule has 0 spiro atoms. The third kappa shape index (κ3) is 5.81. The van der Waals surface area contributed by atoms with Gasteiger partial charge in [0.1, 0.15) is 6.54 Å². The van der Waals surface area contributed by atoms with E-state index in [1.807, 2.05) is 0 Å². The first kappa shape index (κ1) is 15.9. The molecular weight excluding hydrogens is 270 g/mol. The third-order valence-electron chi connectivity index (χ3n) is 3.24. The van der Waals surface area contributed by atoms with Crippen molar-refractivity contribution >= 4 is 5.91 Å². The molecule has 1 aliphatic rings. The second-order valence-electron chi connectivity index (χ2n) is 6.45. The van der Waals surface area contributed by atoms with E-state index in [2.05, 4.69) is 41.7 Å². The van der Waals surface area contributed by atoms with Gasteiger partial charge in [-0.3, -0.25) is 4.79 Å². The van der Waals surface area contributed by atoms with Crippen LogP contribution in [0, 0.1) is 0 Å². The van der Waals surface area contributed by atoms with Crippen molar-refractivity contribution in [2.75, 3.05) is 13.2 Å². The van der Waals surface area contributed by atoms with Gasteiger partial charge in [0.2, 0.25) is 5.91 Å². The summed E-state index contributed by atoms with van der Waals surface area (Å²) in [7, 11) is 0. The summed E-state index contributed by atoms with van der Waals surface area (Å²) >= 11 is 0. The predicted octanol–water partition coefficient (Wildman–Crippen LogP) is 0.461. The zero-order chi connectivity index (χ0) is 15.3. The minimum Gasteiger partial charge on any atom is -0.376 e. The van der Waals surface area contributed by atoms with Crippen molar-refractivity contribution in [1.29, 1.82) is 0 Å². The maximum Gasteiger partial charge on any atom is 0.241 e. The molecule has 1 atom stereocenters. The van der Waals surface area contributed by atoms with Crippen molar-refractivity contribution in [3.63, 3.8) is 0 Å². The van der Waals surface area contributed by atoms with Crippen LogP contribution >= 0.6 is 0 Å². The standard InChI is InChI=1S/C14H25N5O2/c1-14(2,3)16-7-11-9-19(18-17-11)10-13(20)15-8-12-5-4-6-21-12/h9,12,16H,4-8,10H2,1-3H3,(H,15,20). The van der Waals surface area contributed by atoms with Gasteiger partial charge in [-0.1, -0.05) is 5.21 Å². The van der Waals surface area contributed by atoms with Gasteiger partial charge >= 0.3 is 0 Å². The molecule has 0 saturated carbocycles. The van der Waals surface area contributed by atoms with Crippen LogP contribution in [0.4, 0.5) is 0 Å². The van der Waals surface area contributed by atoms with Crippen molar-refractivity contribution in [3.05, 3.63) is 11.9 Å². The quantitative estimate of drug-likeness (QED) is 0.797. The number of nitrogens with one attached hydrogen (secondary N) is 2. The van der Waals surface area contributed by atoms with Crippen LogP contribution in [-0.2, 0) is 22.6 Å². The van der Waals surface area contributed by atoms with Crippen LogP contribution in [0.1, 0.15) is 39.3 Å². The molecule has 7 heteroatoms. The minimum absolute atomic E-state index is 0.0302. The summed E-state index contributed by atoms with van der Waals surface area (Å²) in [4.78, 5) is 11.8. The summed E-state index contributed by atoms with van der Waals surface area (Å²) < 4.78 is 7.02. The molecule has 21 heavy (non-hydrogen) atoms. The van der Waals surface area contributed by atoms with Gasteiger partial charge in [0.25, 0.3) is 0 Å². The Kier molecular flexibility index (Phi) is 5.30. The number of carbonyl (C=O) groups excluding carboxylic acids is 1. The highest BCUT2D eigenvalue weighted by Gasteiger charge is 2.16. The molecule has 2 N–H and O–H groups in total. The van der Waals surface area contributed by atoms with E-state index in [9.17, 15) is 4.79 Å². The topological polar surface area (TPSA) is 81.1 Å². The van der Waals surface area contributed by atoms with E-state index >= 15 is 0 Å². The number of amides is 1. The Balaban J connectivity index is 1.72. The fourth-order valence-corrected chi connectivity index (χ4v) is 2.09. The first-order valence-electron chi connectivity index (χ1n) is 7.45. The Hall–Kier alpha value is -1.47. The first-order chi connectivity index (χ1) is 9.92. The number of nitrogens with zero attached hydrogens (tertiary/aromatic N) is 3. The number of hydrogen-bond donors (Lipinski definition) is 2. The summed E-state index contributed by atoms with van der Waals surface area (Å²) in [6.07, 6.45) is 4.06. The van der Waals surface area contributed by atoms with Crippen LogP contribution in [0.25, 0.3) is 0 Å². The van der Waals surface area contributed by atoms with Crippen LogP contribution in [-0.4, -0.2) is 45.7 Å². The minimum atomic E-state index is -0.0641. The van der Waals surface area contributed by atoms with Gasteiger partial charge in [-0.2, -0.15) is 0 Å². The van der Waals surface area contributed by atoms with Crippen LogP contribution in [0.5, 0.6) is 0 Å². The second-order valence-corrected chi connectivity index (χ2v) is 6.45. The summed E-state index contributed by atoms with van der Waals surface area (Å²) in [5.74, 6) is -0.0641. The monoisotopic (exact) mass is 295 g/mol. The molecule has 0 radical (unpaired) electrons. The van der Waals surface area contributed by atoms with Gasteiger partial charge in [0.05, 0.1) is 18.0 Å². The molecule has 0 bridgehead atoms. The van der Waals surface area contributed by atoms with E-state index < -0.39 is 0 Å². The molecule has 1 saturated heterocycles. The number of hydrogen-bond acceptors (Lipinski definition) is 5. The Morgan fingerprint density at radius 2 is 2.33 bits per heavy atom. The van der Waals surface area contributed by atoms with Gasteiger partial charge in [0.15, 0.2) is 0 Å². The van der Waals surface area contributed by atoms with Crippen molar-refractivity contribution in [3.8, 4) is 0 Å². The summed E-state index contributed by atoms with van der Waals surface area (Å²) in [5.41, 5.74) is 0.861. The van der Waals surface area contributed by atoms with E-state index in [0.717, 1.165) is 25.1 Å². The molecule has 1 fully saturated rings. The fourth-order valence-electron chi connectivity index (χ4n) is 2.09. The second kappa shape index (κ2) is 7.00. The molecule has 1 aromatic rings. The fraction of sp³-hybridized carbons (Fsp3) is 0.786. The SMILES string of the molecule is CC(C)(C)NCc1cn(CC(=O)NCC2CCCO2)nn1. The molecule has 2 rings (SSSR count).